The first-order valence-corrected chi connectivity index (χ1v) is 9.65. The maximum absolute atomic E-state index is 5.47. The number of aromatic nitrogens is 4. The lowest BCUT2D eigenvalue weighted by molar-refractivity contribution is 0.391. The molecule has 146 valence electrons. The molecule has 2 aromatic carbocycles. The minimum Gasteiger partial charge on any atom is -0.497 e. The van der Waals surface area contributed by atoms with Gasteiger partial charge in [-0.25, -0.2) is 19.9 Å². The van der Waals surface area contributed by atoms with Crippen LogP contribution in [-0.2, 0) is 6.54 Å². The van der Waals surface area contributed by atoms with Crippen molar-refractivity contribution >= 4 is 32.8 Å². The van der Waals surface area contributed by atoms with Gasteiger partial charge in [0.2, 0.25) is 0 Å². The second kappa shape index (κ2) is 8.40. The van der Waals surface area contributed by atoms with Crippen LogP contribution in [0.25, 0.3) is 22.4 Å². The van der Waals surface area contributed by atoms with Crippen LogP contribution in [0.4, 0.5) is 5.82 Å². The zero-order valence-electron chi connectivity index (χ0n) is 15.9. The summed E-state index contributed by atoms with van der Waals surface area (Å²) in [4.78, 5) is 17.8. The first-order valence-electron chi connectivity index (χ1n) is 8.86. The molecule has 4 rings (SSSR count). The molecule has 0 unspecified atom stereocenters. The van der Waals surface area contributed by atoms with Gasteiger partial charge in [0.15, 0.2) is 11.6 Å². The Bertz CT molecular complexity index is 1170. The number of nitrogens with zero attached hydrogens (tertiary/aromatic N) is 4. The van der Waals surface area contributed by atoms with Gasteiger partial charge in [0, 0.05) is 28.2 Å². The van der Waals surface area contributed by atoms with Crippen molar-refractivity contribution in [3.05, 3.63) is 65.0 Å². The van der Waals surface area contributed by atoms with Crippen LogP contribution >= 0.6 is 15.9 Å². The molecule has 4 aromatic rings. The van der Waals surface area contributed by atoms with E-state index in [-0.39, 0.29) is 0 Å². The molecule has 0 spiro atoms. The summed E-state index contributed by atoms with van der Waals surface area (Å²) in [5.41, 5.74) is 3.21. The highest BCUT2D eigenvalue weighted by molar-refractivity contribution is 9.10. The highest BCUT2D eigenvalue weighted by atomic mass is 79.9. The Morgan fingerprint density at radius 3 is 2.69 bits per heavy atom. The molecule has 2 aromatic heterocycles. The Hall–Kier alpha value is -3.26. The summed E-state index contributed by atoms with van der Waals surface area (Å²) in [7, 11) is 3.26. The molecule has 0 radical (unpaired) electrons. The monoisotopic (exact) mass is 451 g/mol. The summed E-state index contributed by atoms with van der Waals surface area (Å²) in [6.07, 6.45) is 3.21. The number of hydrogen-bond donors (Lipinski definition) is 1. The Morgan fingerprint density at radius 2 is 1.90 bits per heavy atom. The summed E-state index contributed by atoms with van der Waals surface area (Å²) < 4.78 is 11.7. The van der Waals surface area contributed by atoms with E-state index in [9.17, 15) is 0 Å². The van der Waals surface area contributed by atoms with Crippen LogP contribution in [0.1, 0.15) is 5.56 Å². The zero-order chi connectivity index (χ0) is 20.2. The molecular weight excluding hydrogens is 434 g/mol. The molecule has 2 heterocycles. The average molecular weight is 452 g/mol. The molecule has 0 aliphatic carbocycles. The van der Waals surface area contributed by atoms with Gasteiger partial charge in [-0.15, -0.1) is 0 Å². The number of benzene rings is 2. The highest BCUT2D eigenvalue weighted by Gasteiger charge is 2.11. The van der Waals surface area contributed by atoms with Crippen LogP contribution < -0.4 is 14.8 Å². The fourth-order valence-electron chi connectivity index (χ4n) is 2.93. The molecule has 0 fully saturated rings. The van der Waals surface area contributed by atoms with Gasteiger partial charge in [0.25, 0.3) is 0 Å². The van der Waals surface area contributed by atoms with Crippen molar-refractivity contribution in [2.24, 2.45) is 0 Å². The fourth-order valence-corrected chi connectivity index (χ4v) is 3.33. The van der Waals surface area contributed by atoms with Gasteiger partial charge < -0.3 is 14.8 Å². The predicted molar refractivity (Wildman–Crippen MR) is 115 cm³/mol. The van der Waals surface area contributed by atoms with Gasteiger partial charge in [-0.1, -0.05) is 28.1 Å². The molecule has 7 nitrogen and oxygen atoms in total. The predicted octanol–water partition coefficient (Wildman–Crippen LogP) is 4.48. The zero-order valence-corrected chi connectivity index (χ0v) is 17.5. The minimum atomic E-state index is 0.509. The summed E-state index contributed by atoms with van der Waals surface area (Å²) >= 11 is 3.48. The molecule has 0 aliphatic heterocycles. The Labute approximate surface area is 176 Å². The third-order valence-electron chi connectivity index (χ3n) is 4.40. The van der Waals surface area contributed by atoms with E-state index in [1.807, 2.05) is 42.5 Å². The SMILES string of the molecule is COc1ccc(CNc2ncnc3cnc(-c4cccc(Br)c4)nc23)c(OC)c1. The van der Waals surface area contributed by atoms with E-state index in [0.29, 0.717) is 29.2 Å². The maximum Gasteiger partial charge on any atom is 0.160 e. The molecule has 1 N–H and O–H groups in total. The Morgan fingerprint density at radius 1 is 1.00 bits per heavy atom. The van der Waals surface area contributed by atoms with E-state index >= 15 is 0 Å². The van der Waals surface area contributed by atoms with Gasteiger partial charge in [-0.2, -0.15) is 0 Å². The van der Waals surface area contributed by atoms with Crippen molar-refractivity contribution < 1.29 is 9.47 Å². The molecular formula is C21H18BrN5O2. The number of anilines is 1. The molecule has 29 heavy (non-hydrogen) atoms. The number of ether oxygens (including phenoxy) is 2. The van der Waals surface area contributed by atoms with E-state index < -0.39 is 0 Å². The lowest BCUT2D eigenvalue weighted by atomic mass is 10.2. The maximum atomic E-state index is 5.47. The van der Waals surface area contributed by atoms with Gasteiger partial charge in [0.05, 0.1) is 20.4 Å². The first-order chi connectivity index (χ1) is 14.2. The largest absolute Gasteiger partial charge is 0.497 e. The van der Waals surface area contributed by atoms with Crippen molar-refractivity contribution in [1.29, 1.82) is 0 Å². The van der Waals surface area contributed by atoms with Gasteiger partial charge in [0.1, 0.15) is 28.9 Å². The molecule has 0 bridgehead atoms. The van der Waals surface area contributed by atoms with E-state index in [4.69, 9.17) is 14.5 Å². The van der Waals surface area contributed by atoms with Crippen molar-refractivity contribution in [3.8, 4) is 22.9 Å². The van der Waals surface area contributed by atoms with Crippen LogP contribution in [-0.4, -0.2) is 34.2 Å². The quantitative estimate of drug-likeness (QED) is 0.462. The number of methoxy groups -OCH3 is 2. The lowest BCUT2D eigenvalue weighted by Crippen LogP contribution is -2.05. The van der Waals surface area contributed by atoms with E-state index in [1.54, 1.807) is 20.4 Å². The fraction of sp³-hybridized carbons (Fsp3) is 0.143. The second-order valence-corrected chi connectivity index (χ2v) is 7.11. The second-order valence-electron chi connectivity index (χ2n) is 6.19. The minimum absolute atomic E-state index is 0.509. The third kappa shape index (κ3) is 4.12. The normalized spacial score (nSPS) is 10.7. The molecule has 0 atom stereocenters. The highest BCUT2D eigenvalue weighted by Crippen LogP contribution is 2.27. The topological polar surface area (TPSA) is 82.0 Å². The molecule has 0 saturated heterocycles. The van der Waals surface area contributed by atoms with Crippen LogP contribution in [0.5, 0.6) is 11.5 Å². The van der Waals surface area contributed by atoms with Crippen LogP contribution in [0, 0.1) is 0 Å². The molecule has 0 saturated carbocycles. The third-order valence-corrected chi connectivity index (χ3v) is 4.89. The smallest absolute Gasteiger partial charge is 0.160 e. The standard InChI is InChI=1S/C21H18BrN5O2/c1-28-16-7-6-14(18(9-16)29-2)10-23-21-19-17(25-12-26-21)11-24-20(27-19)13-4-3-5-15(22)8-13/h3-9,11-12H,10H2,1-2H3,(H,23,25,26). The van der Waals surface area contributed by atoms with Crippen LogP contribution in [0.2, 0.25) is 0 Å². The number of rotatable bonds is 6. The van der Waals surface area contributed by atoms with Crippen molar-refractivity contribution in [2.75, 3.05) is 19.5 Å². The Balaban J connectivity index is 1.66. The van der Waals surface area contributed by atoms with Crippen LogP contribution in [0.15, 0.2) is 59.5 Å². The van der Waals surface area contributed by atoms with Gasteiger partial charge >= 0.3 is 0 Å². The van der Waals surface area contributed by atoms with Crippen molar-refractivity contribution in [2.45, 2.75) is 6.54 Å². The molecule has 8 heteroatoms. The summed E-state index contributed by atoms with van der Waals surface area (Å²) in [5.74, 6) is 2.72. The van der Waals surface area contributed by atoms with Crippen LogP contribution in [0.3, 0.4) is 0 Å². The van der Waals surface area contributed by atoms with E-state index in [0.717, 1.165) is 27.1 Å². The summed E-state index contributed by atoms with van der Waals surface area (Å²) in [6.45, 7) is 0.509. The van der Waals surface area contributed by atoms with E-state index in [2.05, 4.69) is 36.2 Å². The van der Waals surface area contributed by atoms with E-state index in [1.165, 1.54) is 6.33 Å². The number of nitrogens with one attached hydrogen (secondary N) is 1. The number of halogens is 1. The van der Waals surface area contributed by atoms with Crippen molar-refractivity contribution in [1.82, 2.24) is 19.9 Å². The van der Waals surface area contributed by atoms with Crippen molar-refractivity contribution in [3.63, 3.8) is 0 Å². The first kappa shape index (κ1) is 19.1. The lowest BCUT2D eigenvalue weighted by Gasteiger charge is -2.12. The average Bonchev–Trinajstić information content (AvgIpc) is 2.77. The number of hydrogen-bond acceptors (Lipinski definition) is 7. The van der Waals surface area contributed by atoms with Gasteiger partial charge in [-0.3, -0.25) is 0 Å². The summed E-state index contributed by atoms with van der Waals surface area (Å²) in [5, 5.41) is 3.33. The molecule has 0 amide bonds. The summed E-state index contributed by atoms with van der Waals surface area (Å²) in [6, 6.07) is 13.5. The number of fused-ring (bicyclic) bond motifs is 1. The Kier molecular flexibility index (Phi) is 5.53. The van der Waals surface area contributed by atoms with Gasteiger partial charge in [-0.05, 0) is 24.3 Å². The molecule has 0 aliphatic rings.